The number of benzene rings is 1. The summed E-state index contributed by atoms with van der Waals surface area (Å²) in [5.41, 5.74) is 1.85. The van der Waals surface area contributed by atoms with E-state index in [0.717, 1.165) is 36.5 Å². The highest BCUT2D eigenvalue weighted by Crippen LogP contribution is 2.36. The molecule has 0 aromatic heterocycles. The monoisotopic (exact) mass is 251 g/mol. The first-order valence-electron chi connectivity index (χ1n) is 6.38. The zero-order valence-corrected chi connectivity index (χ0v) is 11.0. The summed E-state index contributed by atoms with van der Waals surface area (Å²) in [6.07, 6.45) is 0.428. The lowest BCUT2D eigenvalue weighted by Crippen LogP contribution is -2.22. The molecule has 1 unspecified atom stereocenters. The van der Waals surface area contributed by atoms with Crippen molar-refractivity contribution in [2.24, 2.45) is 5.92 Å². The Morgan fingerprint density at radius 3 is 2.83 bits per heavy atom. The van der Waals surface area contributed by atoms with Gasteiger partial charge in [-0.25, -0.2) is 0 Å². The highest BCUT2D eigenvalue weighted by molar-refractivity contribution is 5.61. The highest BCUT2D eigenvalue weighted by atomic mass is 16.5. The van der Waals surface area contributed by atoms with Crippen LogP contribution >= 0.6 is 0 Å². The number of aliphatic hydroxyl groups excluding tert-OH is 2. The molecule has 0 saturated carbocycles. The predicted octanol–water partition coefficient (Wildman–Crippen LogP) is 1.57. The summed E-state index contributed by atoms with van der Waals surface area (Å²) in [7, 11) is 1.62. The first kappa shape index (κ1) is 13.2. The van der Waals surface area contributed by atoms with E-state index in [1.807, 2.05) is 18.2 Å². The Morgan fingerprint density at radius 1 is 1.50 bits per heavy atom. The second-order valence-corrected chi connectivity index (χ2v) is 4.85. The molecule has 1 heterocycles. The summed E-state index contributed by atoms with van der Waals surface area (Å²) >= 11 is 0. The largest absolute Gasteiger partial charge is 0.496 e. The molecule has 1 aromatic carbocycles. The molecule has 100 valence electrons. The van der Waals surface area contributed by atoms with Gasteiger partial charge in [-0.1, -0.05) is 6.07 Å². The van der Waals surface area contributed by atoms with E-state index in [1.165, 1.54) is 0 Å². The Morgan fingerprint density at radius 2 is 2.28 bits per heavy atom. The molecular formula is C14H21NO3. The van der Waals surface area contributed by atoms with Crippen molar-refractivity contribution in [3.05, 3.63) is 23.8 Å². The Hall–Kier alpha value is -1.26. The van der Waals surface area contributed by atoms with Crippen LogP contribution in [0, 0.1) is 5.92 Å². The van der Waals surface area contributed by atoms with Gasteiger partial charge in [0.1, 0.15) is 5.75 Å². The van der Waals surface area contributed by atoms with E-state index in [1.54, 1.807) is 14.0 Å². The number of hydrogen-bond donors (Lipinski definition) is 2. The number of rotatable bonds is 4. The molecule has 4 nitrogen and oxygen atoms in total. The van der Waals surface area contributed by atoms with Crippen LogP contribution < -0.4 is 9.64 Å². The van der Waals surface area contributed by atoms with Crippen LogP contribution in [0.1, 0.15) is 25.0 Å². The molecule has 0 bridgehead atoms. The third-order valence-corrected chi connectivity index (χ3v) is 3.57. The zero-order valence-electron chi connectivity index (χ0n) is 11.0. The second-order valence-electron chi connectivity index (χ2n) is 4.85. The predicted molar refractivity (Wildman–Crippen MR) is 71.0 cm³/mol. The van der Waals surface area contributed by atoms with E-state index in [2.05, 4.69) is 4.90 Å². The van der Waals surface area contributed by atoms with Crippen LogP contribution in [-0.2, 0) is 0 Å². The highest BCUT2D eigenvalue weighted by Gasteiger charge is 2.25. The SMILES string of the molecule is COc1cccc(N2CCC(CO)C2)c1[C@@H](C)O. The summed E-state index contributed by atoms with van der Waals surface area (Å²) in [4.78, 5) is 2.21. The summed E-state index contributed by atoms with van der Waals surface area (Å²) in [6, 6.07) is 5.81. The fraction of sp³-hybridized carbons (Fsp3) is 0.571. The molecule has 2 atom stereocenters. The van der Waals surface area contributed by atoms with Crippen molar-refractivity contribution >= 4 is 5.69 Å². The lowest BCUT2D eigenvalue weighted by molar-refractivity contribution is 0.194. The Bertz CT molecular complexity index is 406. The Balaban J connectivity index is 2.32. The molecule has 4 heteroatoms. The van der Waals surface area contributed by atoms with Crippen LogP contribution in [0.2, 0.25) is 0 Å². The molecule has 2 rings (SSSR count). The van der Waals surface area contributed by atoms with Crippen molar-refractivity contribution < 1.29 is 14.9 Å². The van der Waals surface area contributed by atoms with E-state index in [4.69, 9.17) is 4.74 Å². The van der Waals surface area contributed by atoms with Crippen LogP contribution in [0.15, 0.2) is 18.2 Å². The minimum Gasteiger partial charge on any atom is -0.496 e. The van der Waals surface area contributed by atoms with E-state index in [9.17, 15) is 10.2 Å². The zero-order chi connectivity index (χ0) is 13.1. The van der Waals surface area contributed by atoms with Gasteiger partial charge in [0.25, 0.3) is 0 Å². The van der Waals surface area contributed by atoms with Crippen LogP contribution in [-0.4, -0.2) is 37.0 Å². The van der Waals surface area contributed by atoms with Crippen molar-refractivity contribution in [3.63, 3.8) is 0 Å². The van der Waals surface area contributed by atoms with Gasteiger partial charge in [0.05, 0.1) is 13.2 Å². The van der Waals surface area contributed by atoms with E-state index < -0.39 is 6.10 Å². The van der Waals surface area contributed by atoms with Crippen molar-refractivity contribution in [1.29, 1.82) is 0 Å². The van der Waals surface area contributed by atoms with Crippen LogP contribution in [0.25, 0.3) is 0 Å². The van der Waals surface area contributed by atoms with Gasteiger partial charge in [-0.3, -0.25) is 0 Å². The molecule has 1 aliphatic heterocycles. The third-order valence-electron chi connectivity index (χ3n) is 3.57. The number of aliphatic hydroxyl groups is 2. The molecule has 1 saturated heterocycles. The minimum absolute atomic E-state index is 0.227. The third kappa shape index (κ3) is 2.44. The minimum atomic E-state index is -0.565. The van der Waals surface area contributed by atoms with Gasteiger partial charge in [0.2, 0.25) is 0 Å². The number of methoxy groups -OCH3 is 1. The first-order valence-corrected chi connectivity index (χ1v) is 6.38. The molecule has 1 aromatic rings. The van der Waals surface area contributed by atoms with Gasteiger partial charge in [-0.2, -0.15) is 0 Å². The van der Waals surface area contributed by atoms with Gasteiger partial charge in [-0.15, -0.1) is 0 Å². The van der Waals surface area contributed by atoms with Gasteiger partial charge in [-0.05, 0) is 25.5 Å². The molecule has 1 aliphatic rings. The number of nitrogens with zero attached hydrogens (tertiary/aromatic N) is 1. The maximum Gasteiger partial charge on any atom is 0.126 e. The fourth-order valence-electron chi connectivity index (χ4n) is 2.61. The summed E-state index contributed by atoms with van der Waals surface area (Å²) in [5, 5.41) is 19.2. The number of hydrogen-bond acceptors (Lipinski definition) is 4. The summed E-state index contributed by atoms with van der Waals surface area (Å²) in [6.45, 7) is 3.73. The van der Waals surface area contributed by atoms with Gasteiger partial charge in [0, 0.05) is 36.9 Å². The van der Waals surface area contributed by atoms with Gasteiger partial charge in [0.15, 0.2) is 0 Å². The van der Waals surface area contributed by atoms with Crippen LogP contribution in [0.4, 0.5) is 5.69 Å². The average molecular weight is 251 g/mol. The van der Waals surface area contributed by atoms with E-state index in [-0.39, 0.29) is 6.61 Å². The molecule has 0 aliphatic carbocycles. The molecular weight excluding hydrogens is 230 g/mol. The number of anilines is 1. The van der Waals surface area contributed by atoms with E-state index >= 15 is 0 Å². The smallest absolute Gasteiger partial charge is 0.126 e. The second kappa shape index (κ2) is 5.59. The molecule has 1 fully saturated rings. The quantitative estimate of drug-likeness (QED) is 0.853. The van der Waals surface area contributed by atoms with Gasteiger partial charge < -0.3 is 19.8 Å². The maximum absolute atomic E-state index is 9.94. The van der Waals surface area contributed by atoms with Gasteiger partial charge >= 0.3 is 0 Å². The van der Waals surface area contributed by atoms with Crippen LogP contribution in [0.3, 0.4) is 0 Å². The first-order chi connectivity index (χ1) is 8.67. The standard InChI is InChI=1S/C14H21NO3/c1-10(17)14-12(4-3-5-13(14)18-2)15-7-6-11(8-15)9-16/h3-5,10-11,16-17H,6-9H2,1-2H3/t10-,11?/m1/s1. The molecule has 18 heavy (non-hydrogen) atoms. The van der Waals surface area contributed by atoms with Crippen molar-refractivity contribution in [1.82, 2.24) is 0 Å². The molecule has 0 spiro atoms. The maximum atomic E-state index is 9.94. The summed E-state index contributed by atoms with van der Waals surface area (Å²) < 4.78 is 5.32. The van der Waals surface area contributed by atoms with Crippen molar-refractivity contribution in [2.75, 3.05) is 31.7 Å². The lowest BCUT2D eigenvalue weighted by Gasteiger charge is -2.24. The van der Waals surface area contributed by atoms with Crippen molar-refractivity contribution in [2.45, 2.75) is 19.4 Å². The normalized spacial score (nSPS) is 21.1. The lowest BCUT2D eigenvalue weighted by atomic mass is 10.1. The topological polar surface area (TPSA) is 52.9 Å². The molecule has 0 radical (unpaired) electrons. The fourth-order valence-corrected chi connectivity index (χ4v) is 2.61. The summed E-state index contributed by atoms with van der Waals surface area (Å²) in [5.74, 6) is 1.05. The number of ether oxygens (including phenoxy) is 1. The average Bonchev–Trinajstić information content (AvgIpc) is 2.86. The Kier molecular flexibility index (Phi) is 4.09. The van der Waals surface area contributed by atoms with E-state index in [0.29, 0.717) is 5.92 Å². The molecule has 2 N–H and O–H groups in total. The Labute approximate surface area is 108 Å². The molecule has 0 amide bonds. The van der Waals surface area contributed by atoms with Crippen molar-refractivity contribution in [3.8, 4) is 5.75 Å². The van der Waals surface area contributed by atoms with Crippen LogP contribution in [0.5, 0.6) is 5.75 Å².